The van der Waals surface area contributed by atoms with Crippen LogP contribution in [0.1, 0.15) is 15.9 Å². The Balaban J connectivity index is 1.70. The van der Waals surface area contributed by atoms with Crippen molar-refractivity contribution in [1.82, 2.24) is 4.90 Å². The summed E-state index contributed by atoms with van der Waals surface area (Å²) < 4.78 is 13.5. The number of nitrogens with two attached hydrogens (primary N) is 1. The number of aliphatic hydroxyl groups is 2. The Kier molecular flexibility index (Phi) is 5.86. The molecule has 2 unspecified atom stereocenters. The summed E-state index contributed by atoms with van der Waals surface area (Å²) in [6.45, 7) is 0. The lowest BCUT2D eigenvalue weighted by Gasteiger charge is -2.54. The first-order chi connectivity index (χ1) is 17.8. The Morgan fingerprint density at radius 2 is 1.68 bits per heavy atom. The van der Waals surface area contributed by atoms with Gasteiger partial charge in [0.05, 0.1) is 29.5 Å². The second-order valence-electron chi connectivity index (χ2n) is 10.4. The molecular formula is C27H25FN2O8. The first-order valence-electron chi connectivity index (χ1n) is 12.0. The van der Waals surface area contributed by atoms with E-state index in [-0.39, 0.29) is 12.0 Å². The molecule has 0 radical (unpaired) electrons. The number of benzene rings is 2. The maximum atomic E-state index is 13.8. The van der Waals surface area contributed by atoms with E-state index in [1.807, 2.05) is 0 Å². The highest BCUT2D eigenvalue weighted by Crippen LogP contribution is 2.51. The van der Waals surface area contributed by atoms with Gasteiger partial charge in [0.15, 0.2) is 34.7 Å². The lowest BCUT2D eigenvalue weighted by atomic mass is 9.51. The Morgan fingerprint density at radius 3 is 2.26 bits per heavy atom. The Labute approximate surface area is 215 Å². The van der Waals surface area contributed by atoms with Crippen molar-refractivity contribution in [2.24, 2.45) is 29.4 Å². The third kappa shape index (κ3) is 3.32. The van der Waals surface area contributed by atoms with Crippen molar-refractivity contribution in [2.75, 3.05) is 14.1 Å². The number of halogens is 1. The van der Waals surface area contributed by atoms with Crippen molar-refractivity contribution in [1.29, 1.82) is 0 Å². The molecular weight excluding hydrogens is 499 g/mol. The molecule has 38 heavy (non-hydrogen) atoms. The van der Waals surface area contributed by atoms with Crippen LogP contribution in [-0.4, -0.2) is 81.1 Å². The van der Waals surface area contributed by atoms with Gasteiger partial charge < -0.3 is 21.1 Å². The third-order valence-corrected chi connectivity index (χ3v) is 8.18. The zero-order chi connectivity index (χ0) is 27.8. The summed E-state index contributed by atoms with van der Waals surface area (Å²) in [6, 6.07) is 6.72. The molecule has 11 heteroatoms. The van der Waals surface area contributed by atoms with Gasteiger partial charge in [-0.25, -0.2) is 4.39 Å². The smallest absolute Gasteiger partial charge is 0.235 e. The average Bonchev–Trinajstić information content (AvgIpc) is 2.84. The molecule has 3 aliphatic carbocycles. The molecule has 0 aromatic heterocycles. The summed E-state index contributed by atoms with van der Waals surface area (Å²) in [7, 11) is 2.85. The van der Waals surface area contributed by atoms with Crippen molar-refractivity contribution >= 4 is 29.0 Å². The van der Waals surface area contributed by atoms with Gasteiger partial charge >= 0.3 is 0 Å². The predicted molar refractivity (Wildman–Crippen MR) is 128 cm³/mol. The highest BCUT2D eigenvalue weighted by atomic mass is 19.1. The molecule has 0 spiro atoms. The van der Waals surface area contributed by atoms with Crippen molar-refractivity contribution in [3.05, 3.63) is 53.3 Å². The average molecular weight is 525 g/mol. The molecule has 5 rings (SSSR count). The summed E-state index contributed by atoms with van der Waals surface area (Å²) in [6.07, 6.45) is -1.84. The fraction of sp³-hybridized carbons (Fsp3) is 0.370. The minimum Gasteiger partial charge on any atom is -0.507 e. The number of carbonyl (C=O) groups excluding carboxylic acids is 5. The van der Waals surface area contributed by atoms with Crippen LogP contribution >= 0.6 is 0 Å². The van der Waals surface area contributed by atoms with Crippen molar-refractivity contribution in [3.8, 4) is 16.9 Å². The first kappa shape index (κ1) is 25.8. The lowest BCUT2D eigenvalue weighted by molar-refractivity contribution is -0.195. The number of aromatic hydroxyl groups is 1. The number of hydrogen-bond acceptors (Lipinski definition) is 9. The van der Waals surface area contributed by atoms with Gasteiger partial charge in [-0.2, -0.15) is 0 Å². The quantitative estimate of drug-likeness (QED) is 0.391. The van der Waals surface area contributed by atoms with E-state index in [0.29, 0.717) is 16.7 Å². The molecule has 0 bridgehead atoms. The largest absolute Gasteiger partial charge is 0.507 e. The number of phenols is 1. The Morgan fingerprint density at radius 1 is 1.05 bits per heavy atom. The Bertz CT molecular complexity index is 1420. The summed E-state index contributed by atoms with van der Waals surface area (Å²) in [5.74, 6) is -13.6. The summed E-state index contributed by atoms with van der Waals surface area (Å²) in [4.78, 5) is 67.4. The van der Waals surface area contributed by atoms with Crippen LogP contribution in [-0.2, 0) is 25.6 Å². The van der Waals surface area contributed by atoms with Crippen molar-refractivity contribution < 1.29 is 43.7 Å². The third-order valence-electron chi connectivity index (χ3n) is 8.18. The molecule has 198 valence electrons. The van der Waals surface area contributed by atoms with Gasteiger partial charge in [-0.1, -0.05) is 18.2 Å². The summed E-state index contributed by atoms with van der Waals surface area (Å²) >= 11 is 0. The fourth-order valence-electron chi connectivity index (χ4n) is 6.52. The van der Waals surface area contributed by atoms with Crippen LogP contribution in [0.25, 0.3) is 11.1 Å². The number of carbonyl (C=O) groups is 5. The molecule has 2 aromatic carbocycles. The number of hydrogen-bond donors (Lipinski definition) is 4. The minimum atomic E-state index is -3.04. The van der Waals surface area contributed by atoms with Crippen LogP contribution < -0.4 is 5.73 Å². The number of ketones is 4. The molecule has 0 saturated heterocycles. The normalized spacial score (nSPS) is 32.6. The zero-order valence-corrected chi connectivity index (χ0v) is 20.4. The molecule has 7 atom stereocenters. The van der Waals surface area contributed by atoms with E-state index >= 15 is 0 Å². The van der Waals surface area contributed by atoms with E-state index < -0.39 is 82.0 Å². The SMILES string of the molecule is CN(C)[C@H]1C(=O)C(C(N)=O)C(=O)[C@]2(O)C(=O)C3C(=O)c4c(O)ccc(-c5ccc(F)cc5)c4C[C@@H]3[C@@H](O)[C@H]12. The monoisotopic (exact) mass is 524 g/mol. The standard InChI is InChI=1S/C27H25FN2O8/c1-30(2)20-19-21(32)14-9-13-12(10-3-5-11(28)6-4-10)7-8-15(31)16(13)22(33)17(14)24(35)27(19,38)25(36)18(23(20)34)26(29)37/h3-8,14,17-21,31-32,38H,9H2,1-2H3,(H2,29,37)/t14-,17?,18?,19-,20+,21+,27+/m0/s1. The number of primary amides is 1. The first-order valence-corrected chi connectivity index (χ1v) is 12.0. The van der Waals surface area contributed by atoms with Crippen LogP contribution in [0.15, 0.2) is 36.4 Å². The molecule has 0 heterocycles. The van der Waals surface area contributed by atoms with E-state index in [4.69, 9.17) is 5.73 Å². The number of amides is 1. The van der Waals surface area contributed by atoms with Gasteiger partial charge in [0.2, 0.25) is 5.91 Å². The topological polar surface area (TPSA) is 175 Å². The van der Waals surface area contributed by atoms with Crippen LogP contribution in [0.4, 0.5) is 4.39 Å². The second-order valence-corrected chi connectivity index (χ2v) is 10.4. The molecule has 3 aliphatic rings. The molecule has 2 saturated carbocycles. The Hall–Kier alpha value is -3.80. The number of nitrogens with zero attached hydrogens (tertiary/aromatic N) is 1. The molecule has 2 aromatic rings. The summed E-state index contributed by atoms with van der Waals surface area (Å²) in [5, 5.41) is 33.7. The minimum absolute atomic E-state index is 0.131. The predicted octanol–water partition coefficient (Wildman–Crippen LogP) is -0.356. The van der Waals surface area contributed by atoms with E-state index in [2.05, 4.69) is 0 Å². The second kappa shape index (κ2) is 8.62. The number of likely N-dealkylation sites (N-methyl/N-ethyl adjacent to an activating group) is 1. The maximum Gasteiger partial charge on any atom is 0.235 e. The van der Waals surface area contributed by atoms with Gasteiger partial charge in [0.25, 0.3) is 0 Å². The number of Topliss-reactive ketones (excluding diaryl/α,β-unsaturated/α-hetero) is 4. The van der Waals surface area contributed by atoms with Gasteiger partial charge in [-0.05, 0) is 55.4 Å². The van der Waals surface area contributed by atoms with E-state index in [9.17, 15) is 43.7 Å². The van der Waals surface area contributed by atoms with Gasteiger partial charge in [0.1, 0.15) is 11.6 Å². The highest BCUT2D eigenvalue weighted by molar-refractivity contribution is 6.32. The van der Waals surface area contributed by atoms with Crippen LogP contribution in [0.3, 0.4) is 0 Å². The lowest BCUT2D eigenvalue weighted by Crippen LogP contribution is -2.77. The summed E-state index contributed by atoms with van der Waals surface area (Å²) in [5.41, 5.74) is 3.30. The number of fused-ring (bicyclic) bond motifs is 3. The van der Waals surface area contributed by atoms with E-state index in [0.717, 1.165) is 0 Å². The van der Waals surface area contributed by atoms with Gasteiger partial charge in [0, 0.05) is 5.92 Å². The molecule has 2 fully saturated rings. The van der Waals surface area contributed by atoms with Crippen molar-refractivity contribution in [2.45, 2.75) is 24.2 Å². The molecule has 10 nitrogen and oxygen atoms in total. The maximum absolute atomic E-state index is 13.8. The van der Waals surface area contributed by atoms with E-state index in [1.165, 1.54) is 55.4 Å². The highest BCUT2D eigenvalue weighted by Gasteiger charge is 2.72. The van der Waals surface area contributed by atoms with Crippen LogP contribution in [0, 0.1) is 29.5 Å². The zero-order valence-electron chi connectivity index (χ0n) is 20.4. The van der Waals surface area contributed by atoms with Crippen LogP contribution in [0.2, 0.25) is 0 Å². The van der Waals surface area contributed by atoms with Crippen LogP contribution in [0.5, 0.6) is 5.75 Å². The number of phenolic OH excluding ortho intramolecular Hbond substituents is 1. The molecule has 5 N–H and O–H groups in total. The van der Waals surface area contributed by atoms with E-state index in [1.54, 1.807) is 0 Å². The molecule has 0 aliphatic heterocycles. The molecule has 1 amide bonds. The van der Waals surface area contributed by atoms with Gasteiger partial charge in [-0.15, -0.1) is 0 Å². The fourth-order valence-corrected chi connectivity index (χ4v) is 6.52. The van der Waals surface area contributed by atoms with Gasteiger partial charge in [-0.3, -0.25) is 28.9 Å². The van der Waals surface area contributed by atoms with Crippen molar-refractivity contribution in [3.63, 3.8) is 0 Å². The number of aliphatic hydroxyl groups excluding tert-OH is 1. The number of rotatable bonds is 3.